The molecule has 134 valence electrons. The number of amides is 1. The third-order valence-corrected chi connectivity index (χ3v) is 4.54. The van der Waals surface area contributed by atoms with Crippen LogP contribution < -0.4 is 10.6 Å². The molecule has 1 atom stereocenters. The summed E-state index contributed by atoms with van der Waals surface area (Å²) < 4.78 is 13.0. The van der Waals surface area contributed by atoms with Gasteiger partial charge in [-0.05, 0) is 64.2 Å². The van der Waals surface area contributed by atoms with Gasteiger partial charge < -0.3 is 15.7 Å². The van der Waals surface area contributed by atoms with E-state index in [1.807, 2.05) is 0 Å². The van der Waals surface area contributed by atoms with Crippen molar-refractivity contribution >= 4 is 5.91 Å². The first-order valence-electron chi connectivity index (χ1n) is 8.55. The summed E-state index contributed by atoms with van der Waals surface area (Å²) in [4.78, 5) is 12.4. The zero-order valence-electron chi connectivity index (χ0n) is 15.0. The Morgan fingerprint density at radius 2 is 1.79 bits per heavy atom. The number of nitrogens with one attached hydrogen (secondary N) is 2. The molecule has 1 amide bonds. The molecule has 4 nitrogen and oxygen atoms in total. The summed E-state index contributed by atoms with van der Waals surface area (Å²) in [5.74, 6) is -0.110. The van der Waals surface area contributed by atoms with Gasteiger partial charge in [0.05, 0.1) is 12.6 Å². The monoisotopic (exact) mass is 336 g/mol. The Hall–Kier alpha value is -1.46. The smallest absolute Gasteiger partial charge is 0.220 e. The van der Waals surface area contributed by atoms with Crippen LogP contribution in [-0.2, 0) is 4.79 Å². The molecule has 0 aliphatic carbocycles. The maximum Gasteiger partial charge on any atom is 0.220 e. The number of piperidine rings is 1. The number of rotatable bonds is 5. The number of carbonyl (C=O) groups excluding carboxylic acids is 1. The van der Waals surface area contributed by atoms with Crippen molar-refractivity contribution in [3.05, 3.63) is 35.6 Å². The fourth-order valence-corrected chi connectivity index (χ4v) is 4.12. The highest BCUT2D eigenvalue weighted by atomic mass is 19.1. The van der Waals surface area contributed by atoms with Crippen LogP contribution in [0.5, 0.6) is 0 Å². The van der Waals surface area contributed by atoms with Crippen LogP contribution in [0.15, 0.2) is 24.3 Å². The first kappa shape index (κ1) is 18.9. The summed E-state index contributed by atoms with van der Waals surface area (Å²) in [7, 11) is 0. The van der Waals surface area contributed by atoms with Crippen molar-refractivity contribution in [1.82, 2.24) is 10.6 Å². The second-order valence-electron chi connectivity index (χ2n) is 8.23. The summed E-state index contributed by atoms with van der Waals surface area (Å²) in [6, 6.07) is 5.35. The molecule has 5 heteroatoms. The Balaban J connectivity index is 1.97. The molecule has 0 aromatic heterocycles. The van der Waals surface area contributed by atoms with Crippen LogP contribution >= 0.6 is 0 Å². The van der Waals surface area contributed by atoms with Gasteiger partial charge in [-0.1, -0.05) is 12.1 Å². The Bertz CT molecular complexity index is 553. The Labute approximate surface area is 143 Å². The van der Waals surface area contributed by atoms with E-state index in [4.69, 9.17) is 0 Å². The van der Waals surface area contributed by atoms with Crippen LogP contribution in [0.3, 0.4) is 0 Å². The van der Waals surface area contributed by atoms with Gasteiger partial charge in [-0.25, -0.2) is 4.39 Å². The van der Waals surface area contributed by atoms with E-state index in [2.05, 4.69) is 38.3 Å². The minimum atomic E-state index is -0.499. The van der Waals surface area contributed by atoms with Gasteiger partial charge in [0.25, 0.3) is 0 Å². The van der Waals surface area contributed by atoms with Crippen molar-refractivity contribution < 1.29 is 14.3 Å². The molecule has 1 aromatic rings. The molecule has 1 fully saturated rings. The molecular formula is C19H29FN2O2. The first-order valence-corrected chi connectivity index (χ1v) is 8.55. The second-order valence-corrected chi connectivity index (χ2v) is 8.23. The summed E-state index contributed by atoms with van der Waals surface area (Å²) >= 11 is 0. The van der Waals surface area contributed by atoms with Crippen LogP contribution in [0, 0.1) is 11.7 Å². The van der Waals surface area contributed by atoms with E-state index in [1.165, 1.54) is 12.1 Å². The quantitative estimate of drug-likeness (QED) is 0.775. The number of aliphatic hydroxyl groups is 1. The summed E-state index contributed by atoms with van der Waals surface area (Å²) in [5, 5.41) is 16.0. The van der Waals surface area contributed by atoms with E-state index < -0.39 is 6.04 Å². The second kappa shape index (κ2) is 7.19. The van der Waals surface area contributed by atoms with Crippen molar-refractivity contribution in [3.8, 4) is 0 Å². The first-order chi connectivity index (χ1) is 11.1. The van der Waals surface area contributed by atoms with E-state index in [0.717, 1.165) is 12.8 Å². The lowest BCUT2D eigenvalue weighted by Gasteiger charge is -2.46. The topological polar surface area (TPSA) is 61.4 Å². The van der Waals surface area contributed by atoms with E-state index in [0.29, 0.717) is 17.9 Å². The van der Waals surface area contributed by atoms with Gasteiger partial charge in [0.2, 0.25) is 5.91 Å². The summed E-state index contributed by atoms with van der Waals surface area (Å²) in [6.07, 6.45) is 2.31. The van der Waals surface area contributed by atoms with Crippen LogP contribution in [0.1, 0.15) is 58.6 Å². The Morgan fingerprint density at radius 1 is 1.25 bits per heavy atom. The highest BCUT2D eigenvalue weighted by Crippen LogP contribution is 2.34. The fourth-order valence-electron chi connectivity index (χ4n) is 4.12. The summed E-state index contributed by atoms with van der Waals surface area (Å²) in [6.45, 7) is 8.43. The lowest BCUT2D eigenvalue weighted by atomic mass is 9.74. The van der Waals surface area contributed by atoms with Crippen LogP contribution in [0.2, 0.25) is 0 Å². The van der Waals surface area contributed by atoms with E-state index in [1.54, 1.807) is 12.1 Å². The molecule has 1 aromatic carbocycles. The molecule has 0 saturated carbocycles. The zero-order valence-corrected chi connectivity index (χ0v) is 15.0. The third kappa shape index (κ3) is 5.28. The Morgan fingerprint density at radius 3 is 2.29 bits per heavy atom. The lowest BCUT2D eigenvalue weighted by Crippen LogP contribution is -2.58. The van der Waals surface area contributed by atoms with Crippen molar-refractivity contribution in [2.45, 2.75) is 64.1 Å². The minimum Gasteiger partial charge on any atom is -0.394 e. The normalized spacial score (nSPS) is 21.2. The minimum absolute atomic E-state index is 0.0000333. The van der Waals surface area contributed by atoms with E-state index in [-0.39, 0.29) is 29.4 Å². The molecule has 1 aliphatic heterocycles. The molecule has 0 radical (unpaired) electrons. The standard InChI is InChI=1S/C19H29FN2O2/c1-18(2)10-13(11-19(3,4)22-18)9-17(24)21-16(12-23)14-5-7-15(20)8-6-14/h5-8,13,16,22-23H,9-12H2,1-4H3,(H,21,24). The lowest BCUT2D eigenvalue weighted by molar-refractivity contribution is -0.123. The van der Waals surface area contributed by atoms with Crippen molar-refractivity contribution in [1.29, 1.82) is 0 Å². The van der Waals surface area contributed by atoms with E-state index in [9.17, 15) is 14.3 Å². The van der Waals surface area contributed by atoms with Gasteiger partial charge in [-0.2, -0.15) is 0 Å². The molecule has 1 aliphatic rings. The molecular weight excluding hydrogens is 307 g/mol. The largest absolute Gasteiger partial charge is 0.394 e. The maximum atomic E-state index is 13.0. The van der Waals surface area contributed by atoms with Gasteiger partial charge >= 0.3 is 0 Å². The van der Waals surface area contributed by atoms with Gasteiger partial charge in [0.15, 0.2) is 0 Å². The molecule has 3 N–H and O–H groups in total. The third-order valence-electron chi connectivity index (χ3n) is 4.54. The molecule has 1 heterocycles. The van der Waals surface area contributed by atoms with Crippen LogP contribution in [-0.4, -0.2) is 28.7 Å². The van der Waals surface area contributed by atoms with Gasteiger partial charge in [0, 0.05) is 17.5 Å². The highest BCUT2D eigenvalue weighted by molar-refractivity contribution is 5.76. The number of carbonyl (C=O) groups is 1. The highest BCUT2D eigenvalue weighted by Gasteiger charge is 2.38. The van der Waals surface area contributed by atoms with Gasteiger partial charge in [-0.3, -0.25) is 4.79 Å². The molecule has 2 rings (SSSR count). The maximum absolute atomic E-state index is 13.0. The van der Waals surface area contributed by atoms with E-state index >= 15 is 0 Å². The SMILES string of the molecule is CC1(C)CC(CC(=O)NC(CO)c2ccc(F)cc2)CC(C)(C)N1. The number of halogens is 1. The predicted molar refractivity (Wildman–Crippen MR) is 93.0 cm³/mol. The van der Waals surface area contributed by atoms with Gasteiger partial charge in [-0.15, -0.1) is 0 Å². The number of hydrogen-bond acceptors (Lipinski definition) is 3. The van der Waals surface area contributed by atoms with Crippen LogP contribution in [0.4, 0.5) is 4.39 Å². The molecule has 0 bridgehead atoms. The Kier molecular flexibility index (Phi) is 5.66. The van der Waals surface area contributed by atoms with Crippen molar-refractivity contribution in [3.63, 3.8) is 0 Å². The molecule has 0 spiro atoms. The van der Waals surface area contributed by atoms with Crippen LogP contribution in [0.25, 0.3) is 0 Å². The van der Waals surface area contributed by atoms with Gasteiger partial charge in [0.1, 0.15) is 5.82 Å². The summed E-state index contributed by atoms with van der Waals surface area (Å²) in [5.41, 5.74) is 0.707. The van der Waals surface area contributed by atoms with Crippen molar-refractivity contribution in [2.75, 3.05) is 6.61 Å². The molecule has 1 saturated heterocycles. The molecule has 1 unspecified atom stereocenters. The average molecular weight is 336 g/mol. The number of aliphatic hydroxyl groups excluding tert-OH is 1. The zero-order chi connectivity index (χ0) is 18.0. The number of hydrogen-bond donors (Lipinski definition) is 3. The molecule has 24 heavy (non-hydrogen) atoms. The van der Waals surface area contributed by atoms with Crippen molar-refractivity contribution in [2.24, 2.45) is 5.92 Å². The number of benzene rings is 1. The predicted octanol–water partition coefficient (Wildman–Crippen LogP) is 2.92. The fraction of sp³-hybridized carbons (Fsp3) is 0.632. The average Bonchev–Trinajstić information content (AvgIpc) is 2.42.